The second-order valence-electron chi connectivity index (χ2n) is 7.28. The lowest BCUT2D eigenvalue weighted by Gasteiger charge is -2.11. The van der Waals surface area contributed by atoms with Crippen LogP contribution in [0.3, 0.4) is 0 Å². The van der Waals surface area contributed by atoms with Gasteiger partial charge in [-0.3, -0.25) is 0 Å². The molecule has 150 valence electrons. The Morgan fingerprint density at radius 1 is 0.581 bits per heavy atom. The molecule has 0 unspecified atom stereocenters. The molecule has 0 amide bonds. The van der Waals surface area contributed by atoms with E-state index in [0.717, 1.165) is 45.1 Å². The molecule has 0 bridgehead atoms. The molecule has 1 aromatic heterocycles. The molecule has 0 radical (unpaired) electrons. The van der Waals surface area contributed by atoms with Crippen molar-refractivity contribution in [2.24, 2.45) is 0 Å². The van der Waals surface area contributed by atoms with Crippen molar-refractivity contribution in [1.29, 1.82) is 0 Å². The predicted octanol–water partition coefficient (Wildman–Crippen LogP) is 6.88. The summed E-state index contributed by atoms with van der Waals surface area (Å²) in [7, 11) is 1.68. The van der Waals surface area contributed by atoms with Crippen LogP contribution in [0.1, 0.15) is 0 Å². The molecule has 0 aliphatic carbocycles. The first-order valence-electron chi connectivity index (χ1n) is 10.3. The third-order valence-corrected chi connectivity index (χ3v) is 5.36. The van der Waals surface area contributed by atoms with Gasteiger partial charge in [-0.25, -0.2) is 4.68 Å². The number of hydrogen-bond acceptors (Lipinski definition) is 2. The minimum Gasteiger partial charge on any atom is -0.497 e. The first-order chi connectivity index (χ1) is 15.3. The van der Waals surface area contributed by atoms with Crippen molar-refractivity contribution in [3.8, 4) is 45.1 Å². The molecule has 0 saturated heterocycles. The molecule has 3 heteroatoms. The van der Waals surface area contributed by atoms with Crippen LogP contribution in [0.5, 0.6) is 5.75 Å². The second kappa shape index (κ2) is 8.33. The van der Waals surface area contributed by atoms with Gasteiger partial charge in [-0.1, -0.05) is 78.9 Å². The molecule has 5 rings (SSSR count). The molecule has 4 aromatic carbocycles. The zero-order valence-electron chi connectivity index (χ0n) is 17.3. The molecule has 0 aliphatic heterocycles. The van der Waals surface area contributed by atoms with Gasteiger partial charge in [0, 0.05) is 16.7 Å². The lowest BCUT2D eigenvalue weighted by atomic mass is 9.95. The van der Waals surface area contributed by atoms with Gasteiger partial charge < -0.3 is 4.74 Å². The van der Waals surface area contributed by atoms with Gasteiger partial charge in [0.15, 0.2) is 0 Å². The van der Waals surface area contributed by atoms with Gasteiger partial charge in [-0.15, -0.1) is 0 Å². The number of benzene rings is 4. The molecule has 0 atom stereocenters. The van der Waals surface area contributed by atoms with Crippen molar-refractivity contribution in [1.82, 2.24) is 9.78 Å². The maximum Gasteiger partial charge on any atom is 0.118 e. The van der Waals surface area contributed by atoms with E-state index < -0.39 is 0 Å². The summed E-state index contributed by atoms with van der Waals surface area (Å²) in [5, 5.41) is 5.13. The summed E-state index contributed by atoms with van der Waals surface area (Å²) in [6.45, 7) is 0. The highest BCUT2D eigenvalue weighted by Gasteiger charge is 2.22. The highest BCUT2D eigenvalue weighted by Crippen LogP contribution is 2.41. The topological polar surface area (TPSA) is 27.1 Å². The van der Waals surface area contributed by atoms with Crippen molar-refractivity contribution >= 4 is 0 Å². The summed E-state index contributed by atoms with van der Waals surface area (Å²) in [6, 6.07) is 39.3. The van der Waals surface area contributed by atoms with Crippen LogP contribution in [0.15, 0.2) is 115 Å². The fraction of sp³-hybridized carbons (Fsp3) is 0.0357. The summed E-state index contributed by atoms with van der Waals surface area (Å²) in [6.07, 6.45) is 0. The molecule has 0 spiro atoms. The SMILES string of the molecule is COc1ccc(-c2nn(-c3ccccc3)c(-c3ccccc3)c2-c2ccccc2)cc1. The number of rotatable bonds is 5. The van der Waals surface area contributed by atoms with Crippen molar-refractivity contribution in [2.75, 3.05) is 7.11 Å². The Morgan fingerprint density at radius 3 is 1.71 bits per heavy atom. The smallest absolute Gasteiger partial charge is 0.118 e. The van der Waals surface area contributed by atoms with Crippen LogP contribution in [-0.2, 0) is 0 Å². The zero-order chi connectivity index (χ0) is 21.0. The summed E-state index contributed by atoms with van der Waals surface area (Å²) < 4.78 is 7.41. The van der Waals surface area contributed by atoms with Gasteiger partial charge in [0.25, 0.3) is 0 Å². The van der Waals surface area contributed by atoms with Gasteiger partial charge in [0.05, 0.1) is 18.5 Å². The molecular formula is C28H22N2O. The van der Waals surface area contributed by atoms with Gasteiger partial charge >= 0.3 is 0 Å². The van der Waals surface area contributed by atoms with Crippen molar-refractivity contribution in [2.45, 2.75) is 0 Å². The maximum atomic E-state index is 5.36. The van der Waals surface area contributed by atoms with E-state index in [9.17, 15) is 0 Å². The third-order valence-electron chi connectivity index (χ3n) is 5.36. The Labute approximate surface area is 182 Å². The van der Waals surface area contributed by atoms with E-state index in [4.69, 9.17) is 9.84 Å². The summed E-state index contributed by atoms with van der Waals surface area (Å²) in [4.78, 5) is 0. The largest absolute Gasteiger partial charge is 0.497 e. The molecule has 0 N–H and O–H groups in total. The van der Waals surface area contributed by atoms with Crippen molar-refractivity contribution in [3.63, 3.8) is 0 Å². The Balaban J connectivity index is 1.85. The van der Waals surface area contributed by atoms with E-state index in [2.05, 4.69) is 77.5 Å². The van der Waals surface area contributed by atoms with Crippen LogP contribution in [0.4, 0.5) is 0 Å². The van der Waals surface area contributed by atoms with Crippen LogP contribution in [0.2, 0.25) is 0 Å². The van der Waals surface area contributed by atoms with E-state index in [1.54, 1.807) is 7.11 Å². The normalized spacial score (nSPS) is 10.7. The molecule has 0 aliphatic rings. The minimum absolute atomic E-state index is 0.829. The molecule has 0 saturated carbocycles. The highest BCUT2D eigenvalue weighted by molar-refractivity contribution is 5.92. The second-order valence-corrected chi connectivity index (χ2v) is 7.28. The summed E-state index contributed by atoms with van der Waals surface area (Å²) in [5.74, 6) is 0.829. The van der Waals surface area contributed by atoms with Crippen LogP contribution < -0.4 is 4.74 Å². The highest BCUT2D eigenvalue weighted by atomic mass is 16.5. The van der Waals surface area contributed by atoms with Crippen LogP contribution >= 0.6 is 0 Å². The molecule has 1 heterocycles. The van der Waals surface area contributed by atoms with Crippen LogP contribution in [0.25, 0.3) is 39.3 Å². The number of nitrogens with zero attached hydrogens (tertiary/aromatic N) is 2. The Kier molecular flexibility index (Phi) is 5.07. The zero-order valence-corrected chi connectivity index (χ0v) is 17.3. The Hall–Kier alpha value is -4.11. The number of ether oxygens (including phenoxy) is 1. The lowest BCUT2D eigenvalue weighted by molar-refractivity contribution is 0.415. The lowest BCUT2D eigenvalue weighted by Crippen LogP contribution is -1.99. The number of hydrogen-bond donors (Lipinski definition) is 0. The van der Waals surface area contributed by atoms with Crippen molar-refractivity contribution in [3.05, 3.63) is 115 Å². The fourth-order valence-corrected chi connectivity index (χ4v) is 3.87. The molecule has 3 nitrogen and oxygen atoms in total. The monoisotopic (exact) mass is 402 g/mol. The number of para-hydroxylation sites is 1. The first-order valence-corrected chi connectivity index (χ1v) is 10.3. The first kappa shape index (κ1) is 18.9. The molecule has 31 heavy (non-hydrogen) atoms. The van der Waals surface area contributed by atoms with Gasteiger partial charge in [0.2, 0.25) is 0 Å². The van der Waals surface area contributed by atoms with Crippen molar-refractivity contribution < 1.29 is 4.74 Å². The van der Waals surface area contributed by atoms with E-state index >= 15 is 0 Å². The van der Waals surface area contributed by atoms with E-state index in [1.807, 2.05) is 42.5 Å². The van der Waals surface area contributed by atoms with Gasteiger partial charge in [-0.05, 0) is 42.0 Å². The fourth-order valence-electron chi connectivity index (χ4n) is 3.87. The van der Waals surface area contributed by atoms with Gasteiger partial charge in [-0.2, -0.15) is 5.10 Å². The predicted molar refractivity (Wildman–Crippen MR) is 126 cm³/mol. The van der Waals surface area contributed by atoms with Crippen LogP contribution in [0, 0.1) is 0 Å². The molecule has 5 aromatic rings. The Bertz CT molecular complexity index is 1280. The Morgan fingerprint density at radius 2 is 1.13 bits per heavy atom. The average Bonchev–Trinajstić information content (AvgIpc) is 3.26. The van der Waals surface area contributed by atoms with E-state index in [-0.39, 0.29) is 0 Å². The number of aromatic nitrogens is 2. The minimum atomic E-state index is 0.829. The molecular weight excluding hydrogens is 380 g/mol. The summed E-state index contributed by atoms with van der Waals surface area (Å²) in [5.41, 5.74) is 7.46. The third kappa shape index (κ3) is 3.62. The average molecular weight is 402 g/mol. The standard InChI is InChI=1S/C28H22N2O/c1-31-25-19-17-22(18-20-25)27-26(21-11-5-2-6-12-21)28(23-13-7-3-8-14-23)30(29-27)24-15-9-4-10-16-24/h2-20H,1H3. The number of methoxy groups -OCH3 is 1. The van der Waals surface area contributed by atoms with E-state index in [0.29, 0.717) is 0 Å². The summed E-state index contributed by atoms with van der Waals surface area (Å²) >= 11 is 0. The molecule has 0 fully saturated rings. The maximum absolute atomic E-state index is 5.36. The van der Waals surface area contributed by atoms with E-state index in [1.165, 1.54) is 0 Å². The van der Waals surface area contributed by atoms with Crippen LogP contribution in [-0.4, -0.2) is 16.9 Å². The quantitative estimate of drug-likeness (QED) is 0.320. The van der Waals surface area contributed by atoms with Gasteiger partial charge in [0.1, 0.15) is 11.4 Å².